The Hall–Kier alpha value is -1.95. The van der Waals surface area contributed by atoms with Gasteiger partial charge in [-0.2, -0.15) is 5.26 Å². The summed E-state index contributed by atoms with van der Waals surface area (Å²) in [6.07, 6.45) is 1.66. The second-order valence-electron chi connectivity index (χ2n) is 2.36. The summed E-state index contributed by atoms with van der Waals surface area (Å²) >= 11 is 0. The first-order chi connectivity index (χ1) is 5.90. The average Bonchev–Trinajstić information content (AvgIpc) is 2.17. The molecule has 0 fully saturated rings. The van der Waals surface area contributed by atoms with E-state index in [-0.39, 0.29) is 0 Å². The van der Waals surface area contributed by atoms with Crippen molar-refractivity contribution in [3.63, 3.8) is 0 Å². The van der Waals surface area contributed by atoms with Gasteiger partial charge in [-0.05, 0) is 24.3 Å². The summed E-state index contributed by atoms with van der Waals surface area (Å²) in [5.41, 5.74) is 1.03. The molecule has 0 aliphatic carbocycles. The number of nitriles is 1. The van der Waals surface area contributed by atoms with Gasteiger partial charge in [-0.25, -0.2) is 9.97 Å². The minimum atomic E-state index is 0.404. The average molecular weight is 155 g/mol. The van der Waals surface area contributed by atoms with E-state index in [4.69, 9.17) is 5.26 Å². The van der Waals surface area contributed by atoms with Crippen LogP contribution in [0.4, 0.5) is 0 Å². The highest BCUT2D eigenvalue weighted by Gasteiger charge is 1.95. The molecule has 2 aromatic rings. The topological polar surface area (TPSA) is 49.6 Å². The first kappa shape index (κ1) is 6.74. The molecule has 2 heterocycles. The van der Waals surface area contributed by atoms with E-state index in [1.807, 2.05) is 24.3 Å². The lowest BCUT2D eigenvalue weighted by atomic mass is 10.2. The van der Waals surface area contributed by atoms with Crippen LogP contribution >= 0.6 is 0 Å². The van der Waals surface area contributed by atoms with E-state index >= 15 is 0 Å². The number of fused-ring (bicyclic) bond motifs is 1. The lowest BCUT2D eigenvalue weighted by molar-refractivity contribution is 1.25. The molecule has 0 radical (unpaired) electrons. The van der Waals surface area contributed by atoms with E-state index in [9.17, 15) is 0 Å². The van der Waals surface area contributed by atoms with Crippen LogP contribution in [-0.2, 0) is 0 Å². The first-order valence-corrected chi connectivity index (χ1v) is 3.52. The highest BCUT2D eigenvalue weighted by atomic mass is 14.8. The number of pyridine rings is 2. The van der Waals surface area contributed by atoms with Crippen molar-refractivity contribution >= 4 is 11.0 Å². The second kappa shape index (κ2) is 2.59. The zero-order chi connectivity index (χ0) is 8.39. The van der Waals surface area contributed by atoms with Gasteiger partial charge in [0, 0.05) is 11.6 Å². The van der Waals surface area contributed by atoms with E-state index in [1.165, 1.54) is 0 Å². The van der Waals surface area contributed by atoms with Gasteiger partial charge in [0.2, 0.25) is 0 Å². The zero-order valence-electron chi connectivity index (χ0n) is 6.23. The Balaban J connectivity index is 2.78. The van der Waals surface area contributed by atoms with Gasteiger partial charge in [-0.15, -0.1) is 0 Å². The monoisotopic (exact) mass is 155 g/mol. The van der Waals surface area contributed by atoms with Gasteiger partial charge < -0.3 is 0 Å². The molecule has 2 rings (SSSR count). The lowest BCUT2D eigenvalue weighted by Crippen LogP contribution is -1.85. The van der Waals surface area contributed by atoms with Gasteiger partial charge in [0.25, 0.3) is 0 Å². The first-order valence-electron chi connectivity index (χ1n) is 3.52. The fraction of sp³-hybridized carbons (Fsp3) is 0. The van der Waals surface area contributed by atoms with Crippen LogP contribution < -0.4 is 0 Å². The molecule has 0 N–H and O–H groups in total. The van der Waals surface area contributed by atoms with Crippen molar-refractivity contribution in [3.05, 3.63) is 36.2 Å². The predicted octanol–water partition coefficient (Wildman–Crippen LogP) is 1.50. The zero-order valence-corrected chi connectivity index (χ0v) is 6.23. The van der Waals surface area contributed by atoms with E-state index in [0.717, 1.165) is 5.39 Å². The molecule has 2 aromatic heterocycles. The van der Waals surface area contributed by atoms with Gasteiger partial charge in [0.15, 0.2) is 5.65 Å². The van der Waals surface area contributed by atoms with Crippen LogP contribution in [0.2, 0.25) is 0 Å². The molecule has 0 atom stereocenters. The summed E-state index contributed by atoms with van der Waals surface area (Å²) in [6.45, 7) is 0. The van der Waals surface area contributed by atoms with Crippen molar-refractivity contribution in [3.8, 4) is 6.07 Å². The van der Waals surface area contributed by atoms with Crippen LogP contribution in [0.1, 0.15) is 5.69 Å². The Morgan fingerprint density at radius 3 is 3.00 bits per heavy atom. The standard InChI is InChI=1S/C9H5N3/c10-6-8-4-3-7-2-1-5-11-9(7)12-8/h1-5H. The highest BCUT2D eigenvalue weighted by Crippen LogP contribution is 2.07. The van der Waals surface area contributed by atoms with Crippen molar-refractivity contribution in [2.75, 3.05) is 0 Å². The minimum Gasteiger partial charge on any atom is -0.237 e. The molecule has 3 heteroatoms. The third-order valence-corrected chi connectivity index (χ3v) is 1.58. The molecule has 0 bridgehead atoms. The quantitative estimate of drug-likeness (QED) is 0.579. The van der Waals surface area contributed by atoms with E-state index in [0.29, 0.717) is 11.3 Å². The molecule has 56 valence electrons. The van der Waals surface area contributed by atoms with E-state index < -0.39 is 0 Å². The van der Waals surface area contributed by atoms with Gasteiger partial charge in [-0.3, -0.25) is 0 Å². The maximum atomic E-state index is 8.56. The van der Waals surface area contributed by atoms with E-state index in [1.54, 1.807) is 12.3 Å². The maximum absolute atomic E-state index is 8.56. The Bertz CT molecular complexity index is 457. The lowest BCUT2D eigenvalue weighted by Gasteiger charge is -1.93. The van der Waals surface area contributed by atoms with Crippen LogP contribution in [-0.4, -0.2) is 9.97 Å². The molecule has 0 aliphatic rings. The maximum Gasteiger partial charge on any atom is 0.160 e. The summed E-state index contributed by atoms with van der Waals surface area (Å²) in [7, 11) is 0. The molecule has 12 heavy (non-hydrogen) atoms. The summed E-state index contributed by atoms with van der Waals surface area (Å²) in [5, 5.41) is 9.51. The van der Waals surface area contributed by atoms with Crippen molar-refractivity contribution in [2.45, 2.75) is 0 Å². The number of aromatic nitrogens is 2. The van der Waals surface area contributed by atoms with E-state index in [2.05, 4.69) is 9.97 Å². The molecular weight excluding hydrogens is 150 g/mol. The largest absolute Gasteiger partial charge is 0.237 e. The number of rotatable bonds is 0. The van der Waals surface area contributed by atoms with Crippen LogP contribution in [0.25, 0.3) is 11.0 Å². The molecule has 0 unspecified atom stereocenters. The normalized spacial score (nSPS) is 9.58. The Morgan fingerprint density at radius 2 is 2.17 bits per heavy atom. The highest BCUT2D eigenvalue weighted by molar-refractivity contribution is 5.74. The Kier molecular flexibility index (Phi) is 1.45. The molecule has 0 aliphatic heterocycles. The van der Waals surface area contributed by atoms with Gasteiger partial charge in [0.1, 0.15) is 11.8 Å². The number of nitrogens with zero attached hydrogens (tertiary/aromatic N) is 3. The van der Waals surface area contributed by atoms with Crippen molar-refractivity contribution < 1.29 is 0 Å². The van der Waals surface area contributed by atoms with Crippen LogP contribution in [0.5, 0.6) is 0 Å². The molecule has 0 amide bonds. The SMILES string of the molecule is N#Cc1ccc2cccnc2n1. The summed E-state index contributed by atoms with van der Waals surface area (Å²) in [6, 6.07) is 9.25. The Morgan fingerprint density at radius 1 is 1.25 bits per heavy atom. The molecule has 0 spiro atoms. The van der Waals surface area contributed by atoms with Crippen LogP contribution in [0, 0.1) is 11.3 Å². The van der Waals surface area contributed by atoms with Gasteiger partial charge >= 0.3 is 0 Å². The minimum absolute atomic E-state index is 0.404. The summed E-state index contributed by atoms with van der Waals surface area (Å²) < 4.78 is 0. The third-order valence-electron chi connectivity index (χ3n) is 1.58. The smallest absolute Gasteiger partial charge is 0.160 e. The fourth-order valence-electron chi connectivity index (χ4n) is 1.02. The predicted molar refractivity (Wildman–Crippen MR) is 44.3 cm³/mol. The third kappa shape index (κ3) is 0.995. The van der Waals surface area contributed by atoms with Gasteiger partial charge in [0.05, 0.1) is 0 Å². The Labute approximate surface area is 69.3 Å². The number of hydrogen-bond donors (Lipinski definition) is 0. The summed E-state index contributed by atoms with van der Waals surface area (Å²) in [5.74, 6) is 0. The van der Waals surface area contributed by atoms with Crippen LogP contribution in [0.15, 0.2) is 30.5 Å². The molecule has 0 saturated heterocycles. The van der Waals surface area contributed by atoms with Crippen molar-refractivity contribution in [1.82, 2.24) is 9.97 Å². The molecule has 3 nitrogen and oxygen atoms in total. The summed E-state index contributed by atoms with van der Waals surface area (Å²) in [4.78, 5) is 8.05. The van der Waals surface area contributed by atoms with Crippen LogP contribution in [0.3, 0.4) is 0 Å². The number of hydrogen-bond acceptors (Lipinski definition) is 3. The van der Waals surface area contributed by atoms with Crippen molar-refractivity contribution in [1.29, 1.82) is 5.26 Å². The van der Waals surface area contributed by atoms with Crippen molar-refractivity contribution in [2.24, 2.45) is 0 Å². The van der Waals surface area contributed by atoms with Gasteiger partial charge in [-0.1, -0.05) is 0 Å². The fourth-order valence-corrected chi connectivity index (χ4v) is 1.02. The molecule has 0 saturated carbocycles. The molecule has 0 aromatic carbocycles. The molecular formula is C9H5N3. The second-order valence-corrected chi connectivity index (χ2v) is 2.36.